The second kappa shape index (κ2) is 5.35. The molecule has 4 heteroatoms. The predicted octanol–water partition coefficient (Wildman–Crippen LogP) is 3.04. The zero-order valence-corrected chi connectivity index (χ0v) is 11.6. The summed E-state index contributed by atoms with van der Waals surface area (Å²) in [5, 5.41) is 9.63. The van der Waals surface area contributed by atoms with Gasteiger partial charge in [-0.05, 0) is 37.0 Å². The van der Waals surface area contributed by atoms with Crippen molar-refractivity contribution in [3.05, 3.63) is 23.8 Å². The van der Waals surface area contributed by atoms with Crippen LogP contribution >= 0.6 is 0 Å². The zero-order chi connectivity index (χ0) is 14.0. The molecule has 0 aromatic heterocycles. The van der Waals surface area contributed by atoms with E-state index in [4.69, 9.17) is 9.47 Å². The zero-order valence-electron chi connectivity index (χ0n) is 11.6. The highest BCUT2D eigenvalue weighted by Gasteiger charge is 2.39. The minimum atomic E-state index is -0.660. The molecule has 1 aromatic rings. The van der Waals surface area contributed by atoms with Crippen LogP contribution in [-0.2, 0) is 11.2 Å². The fourth-order valence-corrected chi connectivity index (χ4v) is 3.28. The summed E-state index contributed by atoms with van der Waals surface area (Å²) in [4.78, 5) is 11.7. The number of hydrogen-bond donors (Lipinski definition) is 1. The van der Waals surface area contributed by atoms with Crippen LogP contribution in [0, 0.1) is 5.41 Å². The van der Waals surface area contributed by atoms with Gasteiger partial charge in [-0.25, -0.2) is 0 Å². The third kappa shape index (κ3) is 2.47. The Bertz CT molecular complexity index is 503. The van der Waals surface area contributed by atoms with Crippen molar-refractivity contribution >= 4 is 5.97 Å². The van der Waals surface area contributed by atoms with Crippen LogP contribution in [0.2, 0.25) is 0 Å². The minimum absolute atomic E-state index is 0.556. The fraction of sp³-hybridized carbons (Fsp3) is 0.562. The van der Waals surface area contributed by atoms with Crippen molar-refractivity contribution in [2.75, 3.05) is 13.2 Å². The SMILES string of the molecule is O=C(O)C1(Cc2ccc3c(c2)OCCO3)CCCCC1. The summed E-state index contributed by atoms with van der Waals surface area (Å²) in [5.74, 6) is 0.838. The molecular formula is C16H20O4. The first kappa shape index (κ1) is 13.3. The Labute approximate surface area is 118 Å². The highest BCUT2D eigenvalue weighted by atomic mass is 16.6. The Kier molecular flexibility index (Phi) is 3.55. The number of benzene rings is 1. The molecule has 1 fully saturated rings. The first-order valence-corrected chi connectivity index (χ1v) is 7.32. The number of hydrogen-bond acceptors (Lipinski definition) is 3. The van der Waals surface area contributed by atoms with Crippen LogP contribution in [-0.4, -0.2) is 24.3 Å². The van der Waals surface area contributed by atoms with Crippen LogP contribution in [0.3, 0.4) is 0 Å². The number of ether oxygens (including phenoxy) is 2. The van der Waals surface area contributed by atoms with Gasteiger partial charge in [0.25, 0.3) is 0 Å². The van der Waals surface area contributed by atoms with E-state index in [1.807, 2.05) is 18.2 Å². The molecule has 0 unspecified atom stereocenters. The molecule has 1 heterocycles. The Morgan fingerprint density at radius 1 is 1.10 bits per heavy atom. The van der Waals surface area contributed by atoms with Crippen molar-refractivity contribution in [3.8, 4) is 11.5 Å². The number of carboxylic acid groups (broad SMARTS) is 1. The van der Waals surface area contributed by atoms with Gasteiger partial charge in [-0.2, -0.15) is 0 Å². The van der Waals surface area contributed by atoms with Crippen molar-refractivity contribution in [2.24, 2.45) is 5.41 Å². The van der Waals surface area contributed by atoms with E-state index in [9.17, 15) is 9.90 Å². The fourth-order valence-electron chi connectivity index (χ4n) is 3.28. The first-order valence-electron chi connectivity index (χ1n) is 7.32. The average Bonchev–Trinajstić information content (AvgIpc) is 2.48. The summed E-state index contributed by atoms with van der Waals surface area (Å²) in [7, 11) is 0. The summed E-state index contributed by atoms with van der Waals surface area (Å²) in [5.41, 5.74) is 0.431. The number of rotatable bonds is 3. The van der Waals surface area contributed by atoms with Crippen LogP contribution in [0.1, 0.15) is 37.7 Å². The maximum absolute atomic E-state index is 11.7. The van der Waals surface area contributed by atoms with Crippen LogP contribution in [0.4, 0.5) is 0 Å². The highest BCUT2D eigenvalue weighted by Crippen LogP contribution is 2.41. The normalized spacial score (nSPS) is 20.4. The third-order valence-electron chi connectivity index (χ3n) is 4.41. The van der Waals surface area contributed by atoms with E-state index in [-0.39, 0.29) is 0 Å². The van der Waals surface area contributed by atoms with Crippen molar-refractivity contribution in [1.82, 2.24) is 0 Å². The molecule has 0 bridgehead atoms. The summed E-state index contributed by atoms with van der Waals surface area (Å²) in [6.07, 6.45) is 5.30. The van der Waals surface area contributed by atoms with Crippen LogP contribution in [0.15, 0.2) is 18.2 Å². The molecule has 1 aliphatic heterocycles. The summed E-state index contributed by atoms with van der Waals surface area (Å²) >= 11 is 0. The molecule has 20 heavy (non-hydrogen) atoms. The Balaban J connectivity index is 1.83. The van der Waals surface area contributed by atoms with Gasteiger partial charge in [0, 0.05) is 0 Å². The molecule has 3 rings (SSSR count). The summed E-state index contributed by atoms with van der Waals surface area (Å²) in [6, 6.07) is 5.79. The summed E-state index contributed by atoms with van der Waals surface area (Å²) < 4.78 is 11.1. The van der Waals surface area contributed by atoms with Gasteiger partial charge < -0.3 is 14.6 Å². The van der Waals surface area contributed by atoms with Gasteiger partial charge in [0.15, 0.2) is 11.5 Å². The molecule has 2 aliphatic rings. The third-order valence-corrected chi connectivity index (χ3v) is 4.41. The van der Waals surface area contributed by atoms with Crippen LogP contribution < -0.4 is 9.47 Å². The Morgan fingerprint density at radius 2 is 1.80 bits per heavy atom. The standard InChI is InChI=1S/C16H20O4/c17-15(18)16(6-2-1-3-7-16)11-12-4-5-13-14(10-12)20-9-8-19-13/h4-5,10H,1-3,6-9,11H2,(H,17,18). The van der Waals surface area contributed by atoms with Crippen molar-refractivity contribution in [1.29, 1.82) is 0 Å². The number of carbonyl (C=O) groups is 1. The lowest BCUT2D eigenvalue weighted by atomic mass is 9.70. The van der Waals surface area contributed by atoms with Gasteiger partial charge in [0.05, 0.1) is 5.41 Å². The molecule has 1 aromatic carbocycles. The average molecular weight is 276 g/mol. The van der Waals surface area contributed by atoms with Gasteiger partial charge in [0.2, 0.25) is 0 Å². The van der Waals surface area contributed by atoms with Crippen LogP contribution in [0.5, 0.6) is 11.5 Å². The lowest BCUT2D eigenvalue weighted by molar-refractivity contribution is -0.151. The Morgan fingerprint density at radius 3 is 2.50 bits per heavy atom. The van der Waals surface area contributed by atoms with E-state index in [1.54, 1.807) is 0 Å². The van der Waals surface area contributed by atoms with Crippen molar-refractivity contribution in [3.63, 3.8) is 0 Å². The number of carboxylic acids is 1. The first-order chi connectivity index (χ1) is 9.70. The smallest absolute Gasteiger partial charge is 0.309 e. The molecule has 0 spiro atoms. The second-order valence-electron chi connectivity index (χ2n) is 5.80. The van der Waals surface area contributed by atoms with Crippen LogP contribution in [0.25, 0.3) is 0 Å². The molecule has 1 saturated carbocycles. The maximum atomic E-state index is 11.7. The van der Waals surface area contributed by atoms with E-state index in [0.717, 1.165) is 49.2 Å². The molecule has 0 radical (unpaired) electrons. The van der Waals surface area contributed by atoms with E-state index >= 15 is 0 Å². The van der Waals surface area contributed by atoms with Gasteiger partial charge >= 0.3 is 5.97 Å². The second-order valence-corrected chi connectivity index (χ2v) is 5.80. The predicted molar refractivity (Wildman–Crippen MR) is 74.3 cm³/mol. The molecule has 0 saturated heterocycles. The van der Waals surface area contributed by atoms with Gasteiger partial charge in [-0.3, -0.25) is 4.79 Å². The monoisotopic (exact) mass is 276 g/mol. The number of aliphatic carboxylic acids is 1. The number of fused-ring (bicyclic) bond motifs is 1. The maximum Gasteiger partial charge on any atom is 0.309 e. The molecule has 0 atom stereocenters. The van der Waals surface area contributed by atoms with Gasteiger partial charge in [0.1, 0.15) is 13.2 Å². The molecule has 108 valence electrons. The lowest BCUT2D eigenvalue weighted by Crippen LogP contribution is -2.35. The summed E-state index contributed by atoms with van der Waals surface area (Å²) in [6.45, 7) is 1.13. The quantitative estimate of drug-likeness (QED) is 0.922. The topological polar surface area (TPSA) is 55.8 Å². The highest BCUT2D eigenvalue weighted by molar-refractivity contribution is 5.75. The van der Waals surface area contributed by atoms with Gasteiger partial charge in [-0.1, -0.05) is 25.3 Å². The minimum Gasteiger partial charge on any atom is -0.486 e. The Hall–Kier alpha value is -1.71. The molecule has 4 nitrogen and oxygen atoms in total. The largest absolute Gasteiger partial charge is 0.486 e. The van der Waals surface area contributed by atoms with Gasteiger partial charge in [-0.15, -0.1) is 0 Å². The van der Waals surface area contributed by atoms with E-state index in [2.05, 4.69) is 0 Å². The van der Waals surface area contributed by atoms with E-state index in [1.165, 1.54) is 0 Å². The molecule has 1 N–H and O–H groups in total. The molecule has 1 aliphatic carbocycles. The van der Waals surface area contributed by atoms with Crippen molar-refractivity contribution < 1.29 is 19.4 Å². The molecular weight excluding hydrogens is 256 g/mol. The lowest BCUT2D eigenvalue weighted by Gasteiger charge is -2.33. The van der Waals surface area contributed by atoms with Crippen molar-refractivity contribution in [2.45, 2.75) is 38.5 Å². The van der Waals surface area contributed by atoms with E-state index < -0.39 is 11.4 Å². The van der Waals surface area contributed by atoms with E-state index in [0.29, 0.717) is 19.6 Å². The molecule has 0 amide bonds.